The van der Waals surface area contributed by atoms with E-state index in [-0.39, 0.29) is 0 Å². The molecule has 20 heavy (non-hydrogen) atoms. The maximum Gasteiger partial charge on any atom is 0.0499 e. The monoisotopic (exact) mass is 280 g/mol. The Morgan fingerprint density at radius 2 is 1.85 bits per heavy atom. The van der Waals surface area contributed by atoms with Gasteiger partial charge in [0.2, 0.25) is 0 Å². The predicted molar refractivity (Wildman–Crippen MR) is 83.8 cm³/mol. The Bertz CT molecular complexity index is 324. The highest BCUT2D eigenvalue weighted by molar-refractivity contribution is 5.10. The zero-order valence-electron chi connectivity index (χ0n) is 13.4. The Morgan fingerprint density at radius 3 is 2.50 bits per heavy atom. The number of piperazine rings is 1. The van der Waals surface area contributed by atoms with Gasteiger partial charge in [-0.25, -0.2) is 0 Å². The molecule has 2 unspecified atom stereocenters. The largest absolute Gasteiger partial charge is 0.329 e. The Morgan fingerprint density at radius 1 is 1.10 bits per heavy atom. The summed E-state index contributed by atoms with van der Waals surface area (Å²) in [6.07, 6.45) is 4.03. The van der Waals surface area contributed by atoms with E-state index in [0.717, 1.165) is 18.5 Å². The highest BCUT2D eigenvalue weighted by atomic mass is 15.4. The molecule has 0 radical (unpaired) electrons. The van der Waals surface area contributed by atoms with Gasteiger partial charge < -0.3 is 10.6 Å². The number of fused-ring (bicyclic) bond motifs is 1. The van der Waals surface area contributed by atoms with Gasteiger partial charge in [-0.15, -0.1) is 0 Å². The lowest BCUT2D eigenvalue weighted by Crippen LogP contribution is -2.64. The fourth-order valence-corrected chi connectivity index (χ4v) is 4.83. The van der Waals surface area contributed by atoms with Crippen LogP contribution in [0.2, 0.25) is 0 Å². The summed E-state index contributed by atoms with van der Waals surface area (Å²) >= 11 is 0. The standard InChI is InChI=1S/C16H32N4/c1-14(2)12-18-8-10-20(11-9-18)16(13-17)5-7-19-6-3-4-15(16)19/h14-15H,3-13,17H2,1-2H3. The molecular formula is C16H32N4. The van der Waals surface area contributed by atoms with E-state index in [1.165, 1.54) is 65.1 Å². The summed E-state index contributed by atoms with van der Waals surface area (Å²) in [6, 6.07) is 0.740. The first-order valence-corrected chi connectivity index (χ1v) is 8.57. The molecule has 0 aromatic rings. The molecular weight excluding hydrogens is 248 g/mol. The molecule has 4 nitrogen and oxygen atoms in total. The Kier molecular flexibility index (Phi) is 4.37. The maximum absolute atomic E-state index is 6.29. The maximum atomic E-state index is 6.29. The van der Waals surface area contributed by atoms with Gasteiger partial charge in [0.25, 0.3) is 0 Å². The average Bonchev–Trinajstić information content (AvgIpc) is 3.01. The second kappa shape index (κ2) is 5.91. The molecule has 3 fully saturated rings. The Hall–Kier alpha value is -0.160. The van der Waals surface area contributed by atoms with Crippen molar-refractivity contribution in [3.63, 3.8) is 0 Å². The molecule has 116 valence electrons. The van der Waals surface area contributed by atoms with E-state index in [1.54, 1.807) is 0 Å². The zero-order valence-corrected chi connectivity index (χ0v) is 13.4. The summed E-state index contributed by atoms with van der Waals surface area (Å²) in [7, 11) is 0. The molecule has 3 heterocycles. The van der Waals surface area contributed by atoms with Crippen molar-refractivity contribution in [3.05, 3.63) is 0 Å². The van der Waals surface area contributed by atoms with Crippen LogP contribution in [0.1, 0.15) is 33.1 Å². The lowest BCUT2D eigenvalue weighted by Gasteiger charge is -2.48. The molecule has 3 saturated heterocycles. The first kappa shape index (κ1) is 14.8. The molecule has 0 spiro atoms. The lowest BCUT2D eigenvalue weighted by molar-refractivity contribution is 0.0165. The molecule has 0 aromatic heterocycles. The van der Waals surface area contributed by atoms with Crippen molar-refractivity contribution in [2.75, 3.05) is 52.4 Å². The smallest absolute Gasteiger partial charge is 0.0499 e. The second-order valence-electron chi connectivity index (χ2n) is 7.43. The second-order valence-corrected chi connectivity index (χ2v) is 7.43. The Balaban J connectivity index is 1.64. The minimum atomic E-state index is 0.292. The van der Waals surface area contributed by atoms with Crippen LogP contribution in [-0.4, -0.2) is 78.6 Å². The van der Waals surface area contributed by atoms with Crippen molar-refractivity contribution >= 4 is 0 Å². The number of hydrogen-bond acceptors (Lipinski definition) is 4. The highest BCUT2D eigenvalue weighted by Crippen LogP contribution is 2.40. The molecule has 2 atom stereocenters. The quantitative estimate of drug-likeness (QED) is 0.827. The van der Waals surface area contributed by atoms with Crippen LogP contribution >= 0.6 is 0 Å². The van der Waals surface area contributed by atoms with Crippen LogP contribution in [0.5, 0.6) is 0 Å². The minimum Gasteiger partial charge on any atom is -0.329 e. The van der Waals surface area contributed by atoms with Gasteiger partial charge in [0.05, 0.1) is 0 Å². The zero-order chi connectivity index (χ0) is 14.2. The van der Waals surface area contributed by atoms with Gasteiger partial charge >= 0.3 is 0 Å². The van der Waals surface area contributed by atoms with Crippen LogP contribution in [0.15, 0.2) is 0 Å². The number of hydrogen-bond donors (Lipinski definition) is 1. The summed E-state index contributed by atoms with van der Waals surface area (Å²) in [4.78, 5) is 8.08. The third-order valence-electron chi connectivity index (χ3n) is 5.79. The predicted octanol–water partition coefficient (Wildman–Crippen LogP) is 0.826. The molecule has 0 amide bonds. The van der Waals surface area contributed by atoms with Crippen LogP contribution in [0.25, 0.3) is 0 Å². The van der Waals surface area contributed by atoms with Gasteiger partial charge in [0, 0.05) is 57.4 Å². The Labute approximate surface area is 124 Å². The van der Waals surface area contributed by atoms with Gasteiger partial charge in [0.15, 0.2) is 0 Å². The van der Waals surface area contributed by atoms with Gasteiger partial charge in [0.1, 0.15) is 0 Å². The van der Waals surface area contributed by atoms with Crippen molar-refractivity contribution in [1.29, 1.82) is 0 Å². The fourth-order valence-electron chi connectivity index (χ4n) is 4.83. The van der Waals surface area contributed by atoms with Crippen molar-refractivity contribution in [2.45, 2.75) is 44.7 Å². The molecule has 4 heteroatoms. The van der Waals surface area contributed by atoms with Gasteiger partial charge in [-0.2, -0.15) is 0 Å². The summed E-state index contributed by atoms with van der Waals surface area (Å²) < 4.78 is 0. The summed E-state index contributed by atoms with van der Waals surface area (Å²) in [6.45, 7) is 14.2. The van der Waals surface area contributed by atoms with Crippen molar-refractivity contribution in [1.82, 2.24) is 14.7 Å². The van der Waals surface area contributed by atoms with Crippen molar-refractivity contribution < 1.29 is 0 Å². The summed E-state index contributed by atoms with van der Waals surface area (Å²) in [5.74, 6) is 0.779. The first-order valence-electron chi connectivity index (χ1n) is 8.57. The van der Waals surface area contributed by atoms with E-state index in [2.05, 4.69) is 28.5 Å². The van der Waals surface area contributed by atoms with E-state index < -0.39 is 0 Å². The summed E-state index contributed by atoms with van der Waals surface area (Å²) in [5, 5.41) is 0. The van der Waals surface area contributed by atoms with Crippen LogP contribution in [0.3, 0.4) is 0 Å². The van der Waals surface area contributed by atoms with Crippen molar-refractivity contribution in [3.8, 4) is 0 Å². The van der Waals surface area contributed by atoms with Crippen molar-refractivity contribution in [2.24, 2.45) is 11.7 Å². The molecule has 0 bridgehead atoms. The molecule has 0 saturated carbocycles. The van der Waals surface area contributed by atoms with E-state index in [1.807, 2.05) is 0 Å². The number of nitrogens with zero attached hydrogens (tertiary/aromatic N) is 3. The molecule has 3 aliphatic heterocycles. The molecule has 2 N–H and O–H groups in total. The SMILES string of the molecule is CC(C)CN1CCN(C2(CN)CCN3CCCC32)CC1. The van der Waals surface area contributed by atoms with Crippen LogP contribution in [0, 0.1) is 5.92 Å². The van der Waals surface area contributed by atoms with Crippen LogP contribution in [0.4, 0.5) is 0 Å². The average molecular weight is 280 g/mol. The summed E-state index contributed by atoms with van der Waals surface area (Å²) in [5.41, 5.74) is 6.58. The first-order chi connectivity index (χ1) is 9.65. The van der Waals surface area contributed by atoms with E-state index in [9.17, 15) is 0 Å². The fraction of sp³-hybridized carbons (Fsp3) is 1.00. The van der Waals surface area contributed by atoms with Gasteiger partial charge in [-0.3, -0.25) is 9.80 Å². The number of rotatable bonds is 4. The van der Waals surface area contributed by atoms with Gasteiger partial charge in [-0.1, -0.05) is 13.8 Å². The topological polar surface area (TPSA) is 35.7 Å². The van der Waals surface area contributed by atoms with Crippen LogP contribution < -0.4 is 5.73 Å². The third kappa shape index (κ3) is 2.52. The van der Waals surface area contributed by atoms with E-state index in [4.69, 9.17) is 5.73 Å². The lowest BCUT2D eigenvalue weighted by atomic mass is 9.86. The minimum absolute atomic E-state index is 0.292. The molecule has 0 aliphatic carbocycles. The molecule has 0 aromatic carbocycles. The molecule has 3 aliphatic rings. The van der Waals surface area contributed by atoms with Gasteiger partial charge in [-0.05, 0) is 31.7 Å². The van der Waals surface area contributed by atoms with E-state index in [0.29, 0.717) is 5.54 Å². The third-order valence-corrected chi connectivity index (χ3v) is 5.79. The normalized spacial score (nSPS) is 36.9. The number of nitrogens with two attached hydrogens (primary N) is 1. The van der Waals surface area contributed by atoms with E-state index >= 15 is 0 Å². The molecule has 3 rings (SSSR count). The van der Waals surface area contributed by atoms with Crippen LogP contribution in [-0.2, 0) is 0 Å². The highest BCUT2D eigenvalue weighted by Gasteiger charge is 2.51.